The number of ether oxygens (including phenoxy) is 2. The molecular weight excluding hydrogens is 380 g/mol. The van der Waals surface area contributed by atoms with Crippen molar-refractivity contribution in [3.05, 3.63) is 11.1 Å². The van der Waals surface area contributed by atoms with Crippen LogP contribution < -0.4 is 0 Å². The van der Waals surface area contributed by atoms with Crippen molar-refractivity contribution in [1.29, 1.82) is 0 Å². The van der Waals surface area contributed by atoms with E-state index in [1.165, 1.54) is 39.0 Å². The fourth-order valence-corrected chi connectivity index (χ4v) is 5.98. The van der Waals surface area contributed by atoms with Crippen LogP contribution in [0.5, 0.6) is 0 Å². The molecule has 0 bridgehead atoms. The minimum Gasteiger partial charge on any atom is -0.463 e. The van der Waals surface area contributed by atoms with Gasteiger partial charge in [0.2, 0.25) is 0 Å². The second-order valence-corrected chi connectivity index (χ2v) is 10.6. The number of allylic oxidation sites excluding steroid dienone is 2. The molecule has 0 aromatic heterocycles. The Morgan fingerprint density at radius 1 is 1.17 bits per heavy atom. The van der Waals surface area contributed by atoms with Crippen molar-refractivity contribution >= 4 is 11.9 Å². The van der Waals surface area contributed by atoms with Gasteiger partial charge in [-0.05, 0) is 68.1 Å². The van der Waals surface area contributed by atoms with E-state index in [0.717, 1.165) is 18.8 Å². The summed E-state index contributed by atoms with van der Waals surface area (Å²) < 4.78 is 9.88. The van der Waals surface area contributed by atoms with Crippen molar-refractivity contribution in [3.63, 3.8) is 0 Å². The number of hydrogen-bond acceptors (Lipinski definition) is 5. The Bertz CT molecular complexity index is 650. The van der Waals surface area contributed by atoms with E-state index in [9.17, 15) is 14.7 Å². The summed E-state index contributed by atoms with van der Waals surface area (Å²) in [6.45, 7) is 12.8. The van der Waals surface area contributed by atoms with E-state index in [1.54, 1.807) is 11.1 Å². The molecule has 1 unspecified atom stereocenters. The number of hydrogen-bond donors (Lipinski definition) is 1. The summed E-state index contributed by atoms with van der Waals surface area (Å²) in [6.07, 6.45) is 7.81. The van der Waals surface area contributed by atoms with Gasteiger partial charge in [0.1, 0.15) is 19.3 Å². The zero-order chi connectivity index (χ0) is 22.5. The molecule has 0 aromatic rings. The molecule has 4 atom stereocenters. The van der Waals surface area contributed by atoms with Crippen LogP contribution in [-0.2, 0) is 19.1 Å². The van der Waals surface area contributed by atoms with E-state index in [2.05, 4.69) is 34.6 Å². The van der Waals surface area contributed by atoms with Crippen molar-refractivity contribution in [2.75, 3.05) is 13.2 Å². The Kier molecular flexibility index (Phi) is 8.55. The maximum absolute atomic E-state index is 12.1. The zero-order valence-electron chi connectivity index (χ0n) is 19.9. The number of rotatable bonds is 9. The average molecular weight is 423 g/mol. The monoisotopic (exact) mass is 422 g/mol. The van der Waals surface area contributed by atoms with E-state index >= 15 is 0 Å². The Morgan fingerprint density at radius 3 is 2.50 bits per heavy atom. The number of aliphatic hydroxyl groups is 1. The van der Waals surface area contributed by atoms with Crippen LogP contribution in [0.15, 0.2) is 11.1 Å². The first-order valence-electron chi connectivity index (χ1n) is 11.6. The highest BCUT2D eigenvalue weighted by Crippen LogP contribution is 2.60. The van der Waals surface area contributed by atoms with Crippen molar-refractivity contribution in [2.45, 2.75) is 99.0 Å². The zero-order valence-corrected chi connectivity index (χ0v) is 19.9. The van der Waals surface area contributed by atoms with Gasteiger partial charge in [-0.2, -0.15) is 0 Å². The number of esters is 2. The third-order valence-electron chi connectivity index (χ3n) is 7.56. The van der Waals surface area contributed by atoms with Crippen LogP contribution in [-0.4, -0.2) is 36.4 Å². The van der Waals surface area contributed by atoms with Crippen molar-refractivity contribution < 1.29 is 24.2 Å². The Morgan fingerprint density at radius 2 is 1.83 bits per heavy atom. The quantitative estimate of drug-likeness (QED) is 0.408. The predicted octanol–water partition coefficient (Wildman–Crippen LogP) is 5.20. The number of carbonyl (C=O) groups is 2. The normalized spacial score (nSPS) is 27.8. The van der Waals surface area contributed by atoms with Crippen LogP contribution in [0.2, 0.25) is 0 Å². The Labute approximate surface area is 182 Å². The Balaban J connectivity index is 1.85. The summed E-state index contributed by atoms with van der Waals surface area (Å²) in [6, 6.07) is 0. The molecule has 2 aliphatic carbocycles. The van der Waals surface area contributed by atoms with Crippen molar-refractivity contribution in [3.8, 4) is 0 Å². The summed E-state index contributed by atoms with van der Waals surface area (Å²) in [5.41, 5.74) is 3.91. The molecule has 2 aliphatic rings. The predicted molar refractivity (Wildman–Crippen MR) is 118 cm³/mol. The van der Waals surface area contributed by atoms with Crippen molar-refractivity contribution in [2.24, 2.45) is 22.7 Å². The summed E-state index contributed by atoms with van der Waals surface area (Å²) in [5, 5.41) is 9.70. The molecule has 0 saturated heterocycles. The first-order chi connectivity index (χ1) is 14.0. The van der Waals surface area contributed by atoms with Gasteiger partial charge in [-0.1, -0.05) is 45.3 Å². The number of carbonyl (C=O) groups excluding carboxylic acids is 2. The molecule has 5 heteroatoms. The minimum absolute atomic E-state index is 0.141. The first-order valence-corrected chi connectivity index (χ1v) is 11.6. The highest BCUT2D eigenvalue weighted by atomic mass is 16.6. The molecule has 172 valence electrons. The first kappa shape index (κ1) is 24.9. The van der Waals surface area contributed by atoms with Crippen LogP contribution >= 0.6 is 0 Å². The molecule has 0 spiro atoms. The third kappa shape index (κ3) is 6.32. The van der Waals surface area contributed by atoms with Gasteiger partial charge >= 0.3 is 11.9 Å². The lowest BCUT2D eigenvalue weighted by Crippen LogP contribution is -2.45. The molecule has 0 aliphatic heterocycles. The molecule has 0 radical (unpaired) electrons. The Hall–Kier alpha value is -1.36. The summed E-state index contributed by atoms with van der Waals surface area (Å²) in [7, 11) is 0. The van der Waals surface area contributed by atoms with Crippen LogP contribution in [0.3, 0.4) is 0 Å². The highest BCUT2D eigenvalue weighted by molar-refractivity contribution is 5.69. The van der Waals surface area contributed by atoms with Crippen LogP contribution in [0.25, 0.3) is 0 Å². The molecule has 5 nitrogen and oxygen atoms in total. The highest BCUT2D eigenvalue weighted by Gasteiger charge is 2.49. The van der Waals surface area contributed by atoms with Gasteiger partial charge < -0.3 is 14.6 Å². The van der Waals surface area contributed by atoms with Gasteiger partial charge in [-0.3, -0.25) is 9.59 Å². The van der Waals surface area contributed by atoms with Crippen LogP contribution in [0, 0.1) is 22.7 Å². The molecule has 30 heavy (non-hydrogen) atoms. The van der Waals surface area contributed by atoms with Gasteiger partial charge in [-0.25, -0.2) is 0 Å². The van der Waals surface area contributed by atoms with E-state index in [4.69, 9.17) is 9.47 Å². The smallest absolute Gasteiger partial charge is 0.306 e. The summed E-state index contributed by atoms with van der Waals surface area (Å²) in [5.74, 6) is 0.209. The second kappa shape index (κ2) is 10.3. The SMILES string of the molecule is CC(=O)OCC(O)COC(=O)C[C@H](C)CCC1=C(C)CC[C@@H]2C(C)(C)CCC[C@@]12C. The topological polar surface area (TPSA) is 72.8 Å². The fraction of sp³-hybridized carbons (Fsp3) is 0.840. The van der Waals surface area contributed by atoms with Gasteiger partial charge in [0.25, 0.3) is 0 Å². The molecule has 0 aromatic carbocycles. The van der Waals surface area contributed by atoms with E-state index in [0.29, 0.717) is 17.3 Å². The molecule has 2 rings (SSSR count). The largest absolute Gasteiger partial charge is 0.463 e. The third-order valence-corrected chi connectivity index (χ3v) is 7.56. The maximum Gasteiger partial charge on any atom is 0.306 e. The number of aliphatic hydroxyl groups excluding tert-OH is 1. The van der Waals surface area contributed by atoms with E-state index < -0.39 is 12.1 Å². The molecular formula is C25H42O5. The molecule has 1 fully saturated rings. The van der Waals surface area contributed by atoms with Gasteiger partial charge in [0.15, 0.2) is 0 Å². The van der Waals surface area contributed by atoms with Crippen molar-refractivity contribution in [1.82, 2.24) is 0 Å². The summed E-state index contributed by atoms with van der Waals surface area (Å²) in [4.78, 5) is 22.9. The lowest BCUT2D eigenvalue weighted by atomic mass is 9.50. The molecule has 1 N–H and O–H groups in total. The molecule has 1 saturated carbocycles. The van der Waals surface area contributed by atoms with Gasteiger partial charge in [0, 0.05) is 13.3 Å². The average Bonchev–Trinajstić information content (AvgIpc) is 2.63. The van der Waals surface area contributed by atoms with Gasteiger partial charge in [-0.15, -0.1) is 0 Å². The molecule has 0 amide bonds. The fourth-order valence-electron chi connectivity index (χ4n) is 5.98. The van der Waals surface area contributed by atoms with Gasteiger partial charge in [0.05, 0.1) is 0 Å². The van der Waals surface area contributed by atoms with Crippen LogP contribution in [0.1, 0.15) is 92.9 Å². The number of fused-ring (bicyclic) bond motifs is 1. The lowest BCUT2D eigenvalue weighted by Gasteiger charge is -2.55. The van der Waals surface area contributed by atoms with E-state index in [-0.39, 0.29) is 25.1 Å². The second-order valence-electron chi connectivity index (χ2n) is 10.6. The van der Waals surface area contributed by atoms with Crippen LogP contribution in [0.4, 0.5) is 0 Å². The lowest BCUT2D eigenvalue weighted by molar-refractivity contribution is -0.151. The summed E-state index contributed by atoms with van der Waals surface area (Å²) >= 11 is 0. The standard InChI is InChI=1S/C25H42O5/c1-17(14-23(28)30-16-20(27)15-29-19(3)26)8-10-21-18(2)9-11-22-24(4,5)12-7-13-25(21,22)6/h17,20,22,27H,7-16H2,1-6H3/t17-,20?,22-,25+/m1/s1. The molecule has 0 heterocycles. The maximum atomic E-state index is 12.1. The van der Waals surface area contributed by atoms with E-state index in [1.807, 2.05) is 0 Å². The minimum atomic E-state index is -0.977.